The predicted molar refractivity (Wildman–Crippen MR) is 117 cm³/mol. The van der Waals surface area contributed by atoms with Gasteiger partial charge in [0, 0.05) is 30.5 Å². The maximum absolute atomic E-state index is 12.7. The van der Waals surface area contributed by atoms with Gasteiger partial charge in [0.2, 0.25) is 5.95 Å². The number of carbonyl (C=O) groups excluding carboxylic acids is 1. The largest absolute Gasteiger partial charge is 0.573 e. The Balaban J connectivity index is 1.28. The number of nitriles is 1. The van der Waals surface area contributed by atoms with Crippen molar-refractivity contribution in [3.05, 3.63) is 41.6 Å². The molecule has 4 atom stereocenters. The molecule has 0 amide bonds. The smallest absolute Gasteiger partial charge is 0.405 e. The second-order valence-corrected chi connectivity index (χ2v) is 9.68. The van der Waals surface area contributed by atoms with E-state index in [1.54, 1.807) is 6.07 Å². The SMILES string of the molecule is N#Cc1cnc(NCc2ccccc2OC(F)(F)F)nc1NCC12CC3CC(C1)C(=O)[C@H](C3)C2. The van der Waals surface area contributed by atoms with Crippen molar-refractivity contribution in [2.75, 3.05) is 17.2 Å². The minimum absolute atomic E-state index is 0.00861. The van der Waals surface area contributed by atoms with E-state index in [0.29, 0.717) is 29.6 Å². The van der Waals surface area contributed by atoms with Crippen LogP contribution in [0.5, 0.6) is 5.75 Å². The second-order valence-electron chi connectivity index (χ2n) is 9.68. The summed E-state index contributed by atoms with van der Waals surface area (Å²) in [6, 6.07) is 7.92. The van der Waals surface area contributed by atoms with Crippen molar-refractivity contribution < 1.29 is 22.7 Å². The monoisotopic (exact) mass is 471 g/mol. The summed E-state index contributed by atoms with van der Waals surface area (Å²) in [5, 5.41) is 15.7. The number of nitrogens with zero attached hydrogens (tertiary/aromatic N) is 3. The lowest BCUT2D eigenvalue weighted by atomic mass is 9.49. The van der Waals surface area contributed by atoms with Crippen molar-refractivity contribution in [2.24, 2.45) is 23.2 Å². The highest BCUT2D eigenvalue weighted by Crippen LogP contribution is 2.58. The van der Waals surface area contributed by atoms with Crippen LogP contribution in [-0.4, -0.2) is 28.7 Å². The number of ketones is 1. The van der Waals surface area contributed by atoms with E-state index < -0.39 is 6.36 Å². The van der Waals surface area contributed by atoms with Crippen LogP contribution >= 0.6 is 0 Å². The third-order valence-corrected chi connectivity index (χ3v) is 7.30. The summed E-state index contributed by atoms with van der Waals surface area (Å²) < 4.78 is 42.1. The summed E-state index contributed by atoms with van der Waals surface area (Å²) in [6.45, 7) is 0.631. The Morgan fingerprint density at radius 2 is 1.88 bits per heavy atom. The van der Waals surface area contributed by atoms with Crippen molar-refractivity contribution in [3.63, 3.8) is 0 Å². The molecule has 4 bridgehead atoms. The Morgan fingerprint density at radius 1 is 1.15 bits per heavy atom. The highest BCUT2D eigenvalue weighted by Gasteiger charge is 2.54. The lowest BCUT2D eigenvalue weighted by Gasteiger charge is -2.55. The van der Waals surface area contributed by atoms with Gasteiger partial charge in [0.25, 0.3) is 0 Å². The zero-order chi connectivity index (χ0) is 23.9. The Labute approximate surface area is 194 Å². The molecule has 4 fully saturated rings. The number of aromatic nitrogens is 2. The van der Waals surface area contributed by atoms with Gasteiger partial charge in [-0.2, -0.15) is 10.2 Å². The first-order chi connectivity index (χ1) is 16.2. The molecule has 0 aliphatic heterocycles. The van der Waals surface area contributed by atoms with Gasteiger partial charge in [-0.3, -0.25) is 4.79 Å². The van der Waals surface area contributed by atoms with Crippen LogP contribution in [0.2, 0.25) is 0 Å². The summed E-state index contributed by atoms with van der Waals surface area (Å²) in [4.78, 5) is 21.0. The highest BCUT2D eigenvalue weighted by atomic mass is 19.4. The van der Waals surface area contributed by atoms with Crippen molar-refractivity contribution in [1.29, 1.82) is 5.26 Å². The third-order valence-electron chi connectivity index (χ3n) is 7.30. The average molecular weight is 471 g/mol. The van der Waals surface area contributed by atoms with Crippen LogP contribution in [0.1, 0.15) is 43.2 Å². The molecule has 4 saturated carbocycles. The van der Waals surface area contributed by atoms with Gasteiger partial charge >= 0.3 is 6.36 Å². The van der Waals surface area contributed by atoms with Crippen LogP contribution in [0, 0.1) is 34.5 Å². The fourth-order valence-corrected chi connectivity index (χ4v) is 6.13. The van der Waals surface area contributed by atoms with Gasteiger partial charge in [-0.05, 0) is 49.5 Å². The first kappa shape index (κ1) is 22.4. The molecule has 4 aliphatic carbocycles. The molecule has 1 heterocycles. The summed E-state index contributed by atoms with van der Waals surface area (Å²) in [5.41, 5.74) is 0.608. The Kier molecular flexibility index (Phi) is 5.58. The number of benzene rings is 1. The molecule has 0 saturated heterocycles. The van der Waals surface area contributed by atoms with Crippen molar-refractivity contribution in [2.45, 2.75) is 45.0 Å². The number of Topliss-reactive ketones (excluding diaryl/α,β-unsaturated/α-hetero) is 1. The number of halogens is 3. The zero-order valence-corrected chi connectivity index (χ0v) is 18.4. The van der Waals surface area contributed by atoms with E-state index in [2.05, 4.69) is 31.4 Å². The van der Waals surface area contributed by atoms with Gasteiger partial charge in [0.15, 0.2) is 0 Å². The number of carbonyl (C=O) groups is 1. The fourth-order valence-electron chi connectivity index (χ4n) is 6.13. The van der Waals surface area contributed by atoms with E-state index in [0.717, 1.165) is 32.1 Å². The highest BCUT2D eigenvalue weighted by molar-refractivity contribution is 5.85. The molecule has 4 aliphatic rings. The summed E-state index contributed by atoms with van der Waals surface area (Å²) in [5.74, 6) is 1.59. The minimum atomic E-state index is -4.79. The molecule has 7 nitrogen and oxygen atoms in total. The number of hydrogen-bond donors (Lipinski definition) is 2. The molecule has 1 aromatic carbocycles. The fraction of sp³-hybridized carbons (Fsp3) is 0.500. The van der Waals surface area contributed by atoms with Gasteiger partial charge in [-0.1, -0.05) is 18.2 Å². The van der Waals surface area contributed by atoms with E-state index in [-0.39, 0.29) is 41.1 Å². The summed E-state index contributed by atoms with van der Waals surface area (Å²) in [7, 11) is 0. The second kappa shape index (κ2) is 8.46. The van der Waals surface area contributed by atoms with Crippen molar-refractivity contribution in [3.8, 4) is 11.8 Å². The van der Waals surface area contributed by atoms with Gasteiger partial charge < -0.3 is 15.4 Å². The third kappa shape index (κ3) is 4.52. The first-order valence-electron chi connectivity index (χ1n) is 11.4. The lowest BCUT2D eigenvalue weighted by molar-refractivity contribution is -0.274. The molecule has 2 aromatic rings. The van der Waals surface area contributed by atoms with Crippen LogP contribution in [0.15, 0.2) is 30.5 Å². The molecule has 6 rings (SSSR count). The Morgan fingerprint density at radius 3 is 2.59 bits per heavy atom. The standard InChI is InChI=1S/C24H24F3N5O2/c25-24(26,27)34-19-4-2-1-3-15(19)11-29-22-30-12-18(10-28)21(32-22)31-13-23-7-14-5-16(8-23)20(33)17(6-14)9-23/h1-4,12,14,16-17H,5-9,11,13H2,(H2,29,30,31,32)/t14?,16-,17?,23?/m1/s1. The lowest BCUT2D eigenvalue weighted by Crippen LogP contribution is -2.53. The predicted octanol–water partition coefficient (Wildman–Crippen LogP) is 4.67. The Hall–Kier alpha value is -3.35. The maximum atomic E-state index is 12.7. The quantitative estimate of drug-likeness (QED) is 0.606. The number of ether oxygens (including phenoxy) is 1. The molecule has 0 radical (unpaired) electrons. The summed E-state index contributed by atoms with van der Waals surface area (Å²) in [6.07, 6.45) is 1.43. The Bertz CT molecular complexity index is 1130. The van der Waals surface area contributed by atoms with Crippen LogP contribution in [0.25, 0.3) is 0 Å². The van der Waals surface area contributed by atoms with Crippen LogP contribution < -0.4 is 15.4 Å². The van der Waals surface area contributed by atoms with E-state index in [1.165, 1.54) is 24.4 Å². The average Bonchev–Trinajstić information content (AvgIpc) is 2.79. The molecular formula is C24H24F3N5O2. The summed E-state index contributed by atoms with van der Waals surface area (Å²) >= 11 is 0. The van der Waals surface area contributed by atoms with E-state index in [4.69, 9.17) is 0 Å². The number of nitrogens with one attached hydrogen (secondary N) is 2. The van der Waals surface area contributed by atoms with Gasteiger partial charge in [0.05, 0.1) is 6.20 Å². The van der Waals surface area contributed by atoms with E-state index in [9.17, 15) is 23.2 Å². The zero-order valence-electron chi connectivity index (χ0n) is 18.4. The molecule has 2 N–H and O–H groups in total. The topological polar surface area (TPSA) is 99.9 Å². The number of hydrogen-bond acceptors (Lipinski definition) is 7. The number of rotatable bonds is 7. The van der Waals surface area contributed by atoms with Crippen LogP contribution in [0.4, 0.5) is 24.9 Å². The first-order valence-corrected chi connectivity index (χ1v) is 11.4. The molecule has 3 unspecified atom stereocenters. The van der Waals surface area contributed by atoms with E-state index >= 15 is 0 Å². The molecular weight excluding hydrogens is 447 g/mol. The van der Waals surface area contributed by atoms with Crippen LogP contribution in [-0.2, 0) is 11.3 Å². The van der Waals surface area contributed by atoms with Crippen LogP contribution in [0.3, 0.4) is 0 Å². The minimum Gasteiger partial charge on any atom is -0.405 e. The molecule has 1 aromatic heterocycles. The maximum Gasteiger partial charge on any atom is 0.573 e. The number of para-hydroxylation sites is 1. The van der Waals surface area contributed by atoms with Gasteiger partial charge in [-0.25, -0.2) is 4.98 Å². The van der Waals surface area contributed by atoms with Gasteiger partial charge in [0.1, 0.15) is 29.0 Å². The number of alkyl halides is 3. The van der Waals surface area contributed by atoms with Crippen molar-refractivity contribution >= 4 is 17.5 Å². The molecule has 10 heteroatoms. The van der Waals surface area contributed by atoms with Crippen molar-refractivity contribution in [1.82, 2.24) is 9.97 Å². The normalized spacial score (nSPS) is 27.4. The molecule has 178 valence electrons. The van der Waals surface area contributed by atoms with E-state index in [1.807, 2.05) is 0 Å². The molecule has 0 spiro atoms. The molecule has 34 heavy (non-hydrogen) atoms. The van der Waals surface area contributed by atoms with Gasteiger partial charge in [-0.15, -0.1) is 13.2 Å². The number of anilines is 2.